The Labute approximate surface area is 137 Å². The Bertz CT molecular complexity index is 582. The summed E-state index contributed by atoms with van der Waals surface area (Å²) in [6.45, 7) is 5.04. The molecule has 1 rings (SSSR count). The monoisotopic (exact) mass is 373 g/mol. The lowest BCUT2D eigenvalue weighted by molar-refractivity contribution is -0.170. The third-order valence-electron chi connectivity index (χ3n) is 2.81. The summed E-state index contributed by atoms with van der Waals surface area (Å²) in [4.78, 5) is 24.3. The van der Waals surface area contributed by atoms with E-state index in [-0.39, 0.29) is 12.2 Å². The molecule has 0 radical (unpaired) electrons. The van der Waals surface area contributed by atoms with Crippen molar-refractivity contribution >= 4 is 27.9 Å². The number of hydrogen-bond donors (Lipinski definition) is 2. The first-order chi connectivity index (χ1) is 9.99. The van der Waals surface area contributed by atoms with E-state index in [1.165, 1.54) is 6.07 Å². The van der Waals surface area contributed by atoms with Crippen molar-refractivity contribution in [2.75, 3.05) is 7.11 Å². The van der Waals surface area contributed by atoms with E-state index < -0.39 is 23.1 Å². The molecule has 6 nitrogen and oxygen atoms in total. The Balaban J connectivity index is 3.14. The Morgan fingerprint density at radius 2 is 1.86 bits per heavy atom. The molecule has 0 heterocycles. The number of phenols is 1. The number of ether oxygens (including phenoxy) is 2. The SMILES string of the molecule is COC(=O)[C@@](N)(Cc1ccc(O)c(Br)c1)C(=O)OC(C)(C)C. The van der Waals surface area contributed by atoms with Crippen molar-refractivity contribution in [1.82, 2.24) is 0 Å². The highest BCUT2D eigenvalue weighted by molar-refractivity contribution is 9.10. The van der Waals surface area contributed by atoms with Crippen molar-refractivity contribution in [2.45, 2.75) is 38.3 Å². The molecule has 7 heteroatoms. The summed E-state index contributed by atoms with van der Waals surface area (Å²) in [6.07, 6.45) is -0.118. The zero-order valence-electron chi connectivity index (χ0n) is 13.0. The molecule has 0 aliphatic carbocycles. The first-order valence-electron chi connectivity index (χ1n) is 6.58. The van der Waals surface area contributed by atoms with Gasteiger partial charge in [0.2, 0.25) is 5.54 Å². The van der Waals surface area contributed by atoms with E-state index in [1.54, 1.807) is 32.9 Å². The lowest BCUT2D eigenvalue weighted by Gasteiger charge is -2.29. The van der Waals surface area contributed by atoms with Crippen LogP contribution in [0.3, 0.4) is 0 Å². The van der Waals surface area contributed by atoms with Crippen LogP contribution < -0.4 is 5.73 Å². The molecule has 3 N–H and O–H groups in total. The maximum Gasteiger partial charge on any atom is 0.338 e. The summed E-state index contributed by atoms with van der Waals surface area (Å²) >= 11 is 3.17. The molecule has 1 aromatic rings. The predicted molar refractivity (Wildman–Crippen MR) is 84.3 cm³/mol. The number of rotatable bonds is 4. The molecule has 122 valence electrons. The van der Waals surface area contributed by atoms with Crippen molar-refractivity contribution in [2.24, 2.45) is 5.73 Å². The number of nitrogens with two attached hydrogens (primary N) is 1. The van der Waals surface area contributed by atoms with E-state index in [2.05, 4.69) is 20.7 Å². The highest BCUT2D eigenvalue weighted by Gasteiger charge is 2.46. The van der Waals surface area contributed by atoms with Gasteiger partial charge in [-0.2, -0.15) is 0 Å². The van der Waals surface area contributed by atoms with Crippen LogP contribution in [0.5, 0.6) is 5.75 Å². The van der Waals surface area contributed by atoms with Gasteiger partial charge in [-0.15, -0.1) is 0 Å². The minimum Gasteiger partial charge on any atom is -0.507 e. The molecule has 0 saturated carbocycles. The van der Waals surface area contributed by atoms with Crippen molar-refractivity contribution < 1.29 is 24.2 Å². The second kappa shape index (κ2) is 6.66. The van der Waals surface area contributed by atoms with Gasteiger partial charge in [0.1, 0.15) is 11.4 Å². The van der Waals surface area contributed by atoms with Gasteiger partial charge in [0.05, 0.1) is 11.6 Å². The lowest BCUT2D eigenvalue weighted by atomic mass is 9.91. The van der Waals surface area contributed by atoms with Crippen molar-refractivity contribution in [3.05, 3.63) is 28.2 Å². The van der Waals surface area contributed by atoms with Gasteiger partial charge in [0.15, 0.2) is 0 Å². The average molecular weight is 374 g/mol. The number of methoxy groups -OCH3 is 1. The molecule has 0 aliphatic rings. The molecule has 0 fully saturated rings. The van der Waals surface area contributed by atoms with Crippen LogP contribution in [-0.4, -0.2) is 35.3 Å². The van der Waals surface area contributed by atoms with Crippen LogP contribution in [0.25, 0.3) is 0 Å². The summed E-state index contributed by atoms with van der Waals surface area (Å²) in [7, 11) is 1.15. The second-order valence-electron chi connectivity index (χ2n) is 5.93. The Morgan fingerprint density at radius 3 is 2.32 bits per heavy atom. The minimum atomic E-state index is -1.96. The van der Waals surface area contributed by atoms with Gasteiger partial charge in [0.25, 0.3) is 0 Å². The summed E-state index contributed by atoms with van der Waals surface area (Å²) in [6, 6.07) is 4.57. The second-order valence-corrected chi connectivity index (χ2v) is 6.78. The highest BCUT2D eigenvalue weighted by Crippen LogP contribution is 2.27. The zero-order valence-corrected chi connectivity index (χ0v) is 14.6. The number of aromatic hydroxyl groups is 1. The predicted octanol–water partition coefficient (Wildman–Crippen LogP) is 1.91. The van der Waals surface area contributed by atoms with Gasteiger partial charge in [-0.05, 0) is 54.4 Å². The number of carbonyl (C=O) groups is 2. The van der Waals surface area contributed by atoms with Crippen LogP contribution in [0.15, 0.2) is 22.7 Å². The van der Waals surface area contributed by atoms with Crippen molar-refractivity contribution in [3.63, 3.8) is 0 Å². The van der Waals surface area contributed by atoms with Crippen LogP contribution in [0.2, 0.25) is 0 Å². The summed E-state index contributed by atoms with van der Waals surface area (Å²) in [5.74, 6) is -1.70. The third-order valence-corrected chi connectivity index (χ3v) is 3.44. The molecule has 22 heavy (non-hydrogen) atoms. The number of halogens is 1. The molecule has 1 aromatic carbocycles. The fourth-order valence-electron chi connectivity index (χ4n) is 1.76. The largest absolute Gasteiger partial charge is 0.507 e. The van der Waals surface area contributed by atoms with Crippen LogP contribution in [0.1, 0.15) is 26.3 Å². The Morgan fingerprint density at radius 1 is 1.27 bits per heavy atom. The van der Waals surface area contributed by atoms with Crippen LogP contribution in [0.4, 0.5) is 0 Å². The molecular weight excluding hydrogens is 354 g/mol. The number of benzene rings is 1. The van der Waals surface area contributed by atoms with Gasteiger partial charge in [-0.25, -0.2) is 9.59 Å². The molecule has 0 aliphatic heterocycles. The molecule has 0 aromatic heterocycles. The summed E-state index contributed by atoms with van der Waals surface area (Å²) in [5, 5.41) is 9.50. The first-order valence-corrected chi connectivity index (χ1v) is 7.37. The molecule has 0 spiro atoms. The number of phenolic OH excluding ortho intramolecular Hbond substituents is 1. The fraction of sp³-hybridized carbons (Fsp3) is 0.467. The van der Waals surface area contributed by atoms with Crippen LogP contribution >= 0.6 is 15.9 Å². The Hall–Kier alpha value is -1.60. The standard InChI is InChI=1S/C15H20BrNO5/c1-14(2,3)22-13(20)15(17,12(19)21-4)8-9-5-6-11(18)10(16)7-9/h5-7,18H,8,17H2,1-4H3/t15-/m0/s1. The molecule has 0 saturated heterocycles. The normalized spacial score (nSPS) is 14.1. The van der Waals surface area contributed by atoms with E-state index >= 15 is 0 Å². The number of hydrogen-bond acceptors (Lipinski definition) is 6. The van der Waals surface area contributed by atoms with Gasteiger partial charge in [-0.3, -0.25) is 0 Å². The summed E-state index contributed by atoms with van der Waals surface area (Å²) < 4.78 is 10.3. The number of carbonyl (C=O) groups excluding carboxylic acids is 2. The lowest BCUT2D eigenvalue weighted by Crippen LogP contribution is -2.59. The molecule has 0 bridgehead atoms. The van der Waals surface area contributed by atoms with Gasteiger partial charge >= 0.3 is 11.9 Å². The third kappa shape index (κ3) is 4.45. The van der Waals surface area contributed by atoms with E-state index in [0.29, 0.717) is 10.0 Å². The molecular formula is C15H20BrNO5. The first kappa shape index (κ1) is 18.4. The topological polar surface area (TPSA) is 98.9 Å². The molecule has 0 amide bonds. The minimum absolute atomic E-state index is 0.0432. The quantitative estimate of drug-likeness (QED) is 0.617. The van der Waals surface area contributed by atoms with Gasteiger partial charge in [-0.1, -0.05) is 6.07 Å². The molecule has 1 atom stereocenters. The van der Waals surface area contributed by atoms with Crippen molar-refractivity contribution in [3.8, 4) is 5.75 Å². The average Bonchev–Trinajstić information content (AvgIpc) is 2.39. The van der Waals surface area contributed by atoms with Crippen LogP contribution in [-0.2, 0) is 25.5 Å². The zero-order chi connectivity index (χ0) is 17.1. The van der Waals surface area contributed by atoms with E-state index in [1.807, 2.05) is 0 Å². The van der Waals surface area contributed by atoms with Crippen molar-refractivity contribution in [1.29, 1.82) is 0 Å². The maximum absolute atomic E-state index is 12.3. The van der Waals surface area contributed by atoms with E-state index in [4.69, 9.17) is 10.5 Å². The van der Waals surface area contributed by atoms with Gasteiger partial charge < -0.3 is 20.3 Å². The van der Waals surface area contributed by atoms with Crippen LogP contribution in [0, 0.1) is 0 Å². The highest BCUT2D eigenvalue weighted by atomic mass is 79.9. The molecule has 0 unspecified atom stereocenters. The maximum atomic E-state index is 12.3. The number of esters is 2. The van der Waals surface area contributed by atoms with Gasteiger partial charge in [0, 0.05) is 6.42 Å². The summed E-state index contributed by atoms with van der Waals surface area (Å²) in [5.41, 5.74) is 3.82. The Kier molecular flexibility index (Phi) is 5.59. The van der Waals surface area contributed by atoms with E-state index in [9.17, 15) is 14.7 Å². The fourth-order valence-corrected chi connectivity index (χ4v) is 2.19. The smallest absolute Gasteiger partial charge is 0.338 e. The van der Waals surface area contributed by atoms with E-state index in [0.717, 1.165) is 7.11 Å².